The van der Waals surface area contributed by atoms with Gasteiger partial charge in [-0.05, 0) is 42.8 Å². The number of amides is 1. The molecule has 0 atom stereocenters. The van der Waals surface area contributed by atoms with Gasteiger partial charge in [-0.15, -0.1) is 0 Å². The van der Waals surface area contributed by atoms with E-state index in [1.807, 2.05) is 25.1 Å². The average molecular weight is 405 g/mol. The van der Waals surface area contributed by atoms with Gasteiger partial charge in [-0.1, -0.05) is 36.4 Å². The maximum absolute atomic E-state index is 12.3. The highest BCUT2D eigenvalue weighted by Crippen LogP contribution is 2.29. The van der Waals surface area contributed by atoms with Crippen LogP contribution in [0.5, 0.6) is 0 Å². The Morgan fingerprint density at radius 1 is 0.967 bits per heavy atom. The van der Waals surface area contributed by atoms with Crippen LogP contribution in [0, 0.1) is 17.0 Å². The lowest BCUT2D eigenvalue weighted by atomic mass is 10.1. The fourth-order valence-corrected chi connectivity index (χ4v) is 2.71. The molecular weight excluding hydrogens is 386 g/mol. The molecule has 0 saturated heterocycles. The molecule has 0 radical (unpaired) electrons. The molecule has 0 fully saturated rings. The largest absolute Gasteiger partial charge is 0.452 e. The van der Waals surface area contributed by atoms with Crippen LogP contribution in [0.15, 0.2) is 72.8 Å². The van der Waals surface area contributed by atoms with Gasteiger partial charge in [-0.25, -0.2) is 4.79 Å². The summed E-state index contributed by atoms with van der Waals surface area (Å²) in [7, 11) is 0. The Balaban J connectivity index is 1.67. The van der Waals surface area contributed by atoms with Gasteiger partial charge in [0, 0.05) is 17.4 Å². The molecular formula is C22H19N3O5. The monoisotopic (exact) mass is 405 g/mol. The first kappa shape index (κ1) is 20.5. The number of ether oxygens (including phenoxy) is 1. The summed E-state index contributed by atoms with van der Waals surface area (Å²) < 4.78 is 5.00. The van der Waals surface area contributed by atoms with Crippen molar-refractivity contribution < 1.29 is 19.2 Å². The second-order valence-corrected chi connectivity index (χ2v) is 6.42. The minimum Gasteiger partial charge on any atom is -0.452 e. The van der Waals surface area contributed by atoms with E-state index >= 15 is 0 Å². The predicted octanol–water partition coefficient (Wildman–Crippen LogP) is 4.44. The molecule has 3 aromatic carbocycles. The van der Waals surface area contributed by atoms with Crippen LogP contribution in [0.1, 0.15) is 15.9 Å². The van der Waals surface area contributed by atoms with E-state index in [0.29, 0.717) is 11.4 Å². The van der Waals surface area contributed by atoms with Crippen molar-refractivity contribution in [3.63, 3.8) is 0 Å². The topological polar surface area (TPSA) is 111 Å². The van der Waals surface area contributed by atoms with E-state index in [-0.39, 0.29) is 16.9 Å². The van der Waals surface area contributed by atoms with Crippen molar-refractivity contribution in [1.29, 1.82) is 0 Å². The minimum atomic E-state index is -0.829. The van der Waals surface area contributed by atoms with Crippen molar-refractivity contribution in [2.75, 3.05) is 17.2 Å². The smallest absolute Gasteiger partial charge is 0.338 e. The molecule has 0 aliphatic heterocycles. The van der Waals surface area contributed by atoms with Crippen molar-refractivity contribution in [3.8, 4) is 0 Å². The second kappa shape index (κ2) is 9.33. The molecule has 8 heteroatoms. The Hall–Kier alpha value is -4.20. The van der Waals surface area contributed by atoms with E-state index in [9.17, 15) is 19.7 Å². The fraction of sp³-hybridized carbons (Fsp3) is 0.0909. The number of carbonyl (C=O) groups is 2. The quantitative estimate of drug-likeness (QED) is 0.341. The van der Waals surface area contributed by atoms with E-state index in [1.165, 1.54) is 12.1 Å². The number of anilines is 3. The molecule has 0 spiro atoms. The number of benzene rings is 3. The van der Waals surface area contributed by atoms with Crippen molar-refractivity contribution >= 4 is 34.6 Å². The number of nitrogens with one attached hydrogen (secondary N) is 2. The number of rotatable bonds is 7. The number of hydrogen-bond acceptors (Lipinski definition) is 6. The Morgan fingerprint density at radius 3 is 2.37 bits per heavy atom. The summed E-state index contributed by atoms with van der Waals surface area (Å²) in [4.78, 5) is 35.1. The number of para-hydroxylation sites is 2. The number of nitro benzene ring substituents is 1. The summed E-state index contributed by atoms with van der Waals surface area (Å²) in [5.74, 6) is -1.33. The van der Waals surface area contributed by atoms with Gasteiger partial charge < -0.3 is 15.4 Å². The number of esters is 1. The summed E-state index contributed by atoms with van der Waals surface area (Å²) in [6, 6.07) is 20.1. The lowest BCUT2D eigenvalue weighted by Gasteiger charge is -2.10. The fourth-order valence-electron chi connectivity index (χ4n) is 2.71. The molecule has 152 valence electrons. The molecule has 1 amide bonds. The maximum atomic E-state index is 12.3. The van der Waals surface area contributed by atoms with Gasteiger partial charge in [0.2, 0.25) is 0 Å². The van der Waals surface area contributed by atoms with Crippen molar-refractivity contribution in [3.05, 3.63) is 94.0 Å². The Bertz CT molecular complexity index is 1080. The summed E-state index contributed by atoms with van der Waals surface area (Å²) in [6.45, 7) is 1.33. The molecule has 2 N–H and O–H groups in total. The number of nitrogens with zero attached hydrogens (tertiary/aromatic N) is 1. The average Bonchev–Trinajstić information content (AvgIpc) is 2.74. The summed E-state index contributed by atoms with van der Waals surface area (Å²) >= 11 is 0. The Morgan fingerprint density at radius 2 is 1.67 bits per heavy atom. The van der Waals surface area contributed by atoms with Crippen molar-refractivity contribution in [1.82, 2.24) is 0 Å². The van der Waals surface area contributed by atoms with Gasteiger partial charge in [-0.2, -0.15) is 0 Å². The molecule has 0 aliphatic rings. The van der Waals surface area contributed by atoms with Crippen molar-refractivity contribution in [2.45, 2.75) is 6.92 Å². The lowest BCUT2D eigenvalue weighted by Crippen LogP contribution is -2.21. The van der Waals surface area contributed by atoms with E-state index < -0.39 is 23.4 Å². The lowest BCUT2D eigenvalue weighted by molar-refractivity contribution is -0.383. The Labute approximate surface area is 172 Å². The molecule has 30 heavy (non-hydrogen) atoms. The predicted molar refractivity (Wildman–Crippen MR) is 113 cm³/mol. The summed E-state index contributed by atoms with van der Waals surface area (Å²) in [6.07, 6.45) is 0. The zero-order valence-corrected chi connectivity index (χ0v) is 16.1. The van der Waals surface area contributed by atoms with E-state index in [1.54, 1.807) is 36.4 Å². The standard InChI is InChI=1S/C22H19N3O5/c1-15-7-5-6-10-18(15)24-21(26)14-30-22(27)16-11-12-19(20(13-16)25(28)29)23-17-8-3-2-4-9-17/h2-13,23H,14H2,1H3,(H,24,26). The summed E-state index contributed by atoms with van der Waals surface area (Å²) in [5, 5.41) is 17.0. The van der Waals surface area contributed by atoms with Gasteiger partial charge in [-0.3, -0.25) is 14.9 Å². The molecule has 8 nitrogen and oxygen atoms in total. The highest BCUT2D eigenvalue weighted by molar-refractivity contribution is 5.96. The molecule has 0 bridgehead atoms. The highest BCUT2D eigenvalue weighted by atomic mass is 16.6. The highest BCUT2D eigenvalue weighted by Gasteiger charge is 2.19. The van der Waals surface area contributed by atoms with Gasteiger partial charge in [0.15, 0.2) is 6.61 Å². The molecule has 0 aliphatic carbocycles. The number of aryl methyl sites for hydroxylation is 1. The first-order valence-corrected chi connectivity index (χ1v) is 9.07. The molecule has 0 heterocycles. The van der Waals surface area contributed by atoms with Gasteiger partial charge in [0.25, 0.3) is 11.6 Å². The number of hydrogen-bond donors (Lipinski definition) is 2. The van der Waals surface area contributed by atoms with Crippen LogP contribution in [-0.4, -0.2) is 23.4 Å². The van der Waals surface area contributed by atoms with Crippen LogP contribution in [0.3, 0.4) is 0 Å². The maximum Gasteiger partial charge on any atom is 0.338 e. The third kappa shape index (κ3) is 5.20. The summed E-state index contributed by atoms with van der Waals surface area (Å²) in [5.41, 5.74) is 2.09. The van der Waals surface area contributed by atoms with Crippen LogP contribution in [0.2, 0.25) is 0 Å². The van der Waals surface area contributed by atoms with Gasteiger partial charge >= 0.3 is 5.97 Å². The SMILES string of the molecule is Cc1ccccc1NC(=O)COC(=O)c1ccc(Nc2ccccc2)c([N+](=O)[O-])c1. The van der Waals surface area contributed by atoms with E-state index in [2.05, 4.69) is 10.6 Å². The number of nitro groups is 1. The van der Waals surface area contributed by atoms with Crippen LogP contribution in [0.4, 0.5) is 22.7 Å². The zero-order chi connectivity index (χ0) is 21.5. The molecule has 0 aromatic heterocycles. The van der Waals surface area contributed by atoms with Crippen LogP contribution in [-0.2, 0) is 9.53 Å². The zero-order valence-electron chi connectivity index (χ0n) is 16.1. The van der Waals surface area contributed by atoms with E-state index in [4.69, 9.17) is 4.74 Å². The van der Waals surface area contributed by atoms with Crippen LogP contribution < -0.4 is 10.6 Å². The van der Waals surface area contributed by atoms with E-state index in [0.717, 1.165) is 11.6 Å². The van der Waals surface area contributed by atoms with Crippen LogP contribution in [0.25, 0.3) is 0 Å². The van der Waals surface area contributed by atoms with Crippen LogP contribution >= 0.6 is 0 Å². The van der Waals surface area contributed by atoms with Gasteiger partial charge in [0.1, 0.15) is 5.69 Å². The molecule has 0 saturated carbocycles. The normalized spacial score (nSPS) is 10.2. The Kier molecular flexibility index (Phi) is 6.39. The third-order valence-corrected chi connectivity index (χ3v) is 4.24. The van der Waals surface area contributed by atoms with Crippen molar-refractivity contribution in [2.24, 2.45) is 0 Å². The number of carbonyl (C=O) groups excluding carboxylic acids is 2. The molecule has 3 rings (SSSR count). The van der Waals surface area contributed by atoms with Gasteiger partial charge in [0.05, 0.1) is 10.5 Å². The molecule has 3 aromatic rings. The molecule has 0 unspecified atom stereocenters. The minimum absolute atomic E-state index is 0.0241. The first-order valence-electron chi connectivity index (χ1n) is 9.07. The first-order chi connectivity index (χ1) is 14.4. The third-order valence-electron chi connectivity index (χ3n) is 4.24. The second-order valence-electron chi connectivity index (χ2n) is 6.42.